The Morgan fingerprint density at radius 1 is 1.26 bits per heavy atom. The van der Waals surface area contributed by atoms with Crippen molar-refractivity contribution in [2.75, 3.05) is 24.6 Å². The van der Waals surface area contributed by atoms with E-state index >= 15 is 0 Å². The summed E-state index contributed by atoms with van der Waals surface area (Å²) in [6, 6.07) is 10.3. The van der Waals surface area contributed by atoms with Crippen molar-refractivity contribution < 1.29 is 9.53 Å². The van der Waals surface area contributed by atoms with Gasteiger partial charge in [-0.25, -0.2) is 9.78 Å². The lowest BCUT2D eigenvalue weighted by molar-refractivity contribution is 0.129. The molecule has 4 rings (SSSR count). The van der Waals surface area contributed by atoms with E-state index in [4.69, 9.17) is 9.73 Å². The van der Waals surface area contributed by atoms with Gasteiger partial charge in [-0.05, 0) is 25.3 Å². The van der Waals surface area contributed by atoms with Gasteiger partial charge in [0.2, 0.25) is 0 Å². The maximum Gasteiger partial charge on any atom is 0.331 e. The molecule has 0 aliphatic carbocycles. The van der Waals surface area contributed by atoms with Crippen LogP contribution in [-0.4, -0.2) is 52.5 Å². The molecule has 7 heteroatoms. The lowest BCUT2D eigenvalue weighted by Gasteiger charge is -2.32. The standard InChI is InChI=1S/C20H25N5O2/c1-3-10-24-19-17(22-16(23-19)13-27-4-2)18-21-15(12-25(18)20(24)26)11-14-8-6-5-7-9-14/h5-9,15H,3-4,10-13H2,1-2H3,(H,22,23)/t15-/m1/s1. The number of carbonyl (C=O) groups is 1. The molecule has 0 unspecified atom stereocenters. The van der Waals surface area contributed by atoms with Gasteiger partial charge in [0.05, 0.1) is 12.6 Å². The molecule has 2 amide bonds. The van der Waals surface area contributed by atoms with Crippen LogP contribution in [0.4, 0.5) is 10.6 Å². The van der Waals surface area contributed by atoms with Gasteiger partial charge >= 0.3 is 6.03 Å². The Hall–Kier alpha value is -2.67. The molecule has 0 fully saturated rings. The van der Waals surface area contributed by atoms with E-state index in [9.17, 15) is 4.79 Å². The zero-order valence-electron chi connectivity index (χ0n) is 15.8. The summed E-state index contributed by atoms with van der Waals surface area (Å²) in [5, 5.41) is 0. The Balaban J connectivity index is 1.65. The first-order valence-electron chi connectivity index (χ1n) is 9.59. The molecule has 2 aliphatic heterocycles. The van der Waals surface area contributed by atoms with Crippen LogP contribution in [0.15, 0.2) is 35.3 Å². The van der Waals surface area contributed by atoms with Crippen molar-refractivity contribution in [3.63, 3.8) is 0 Å². The van der Waals surface area contributed by atoms with E-state index in [1.54, 1.807) is 9.80 Å². The number of imidazole rings is 1. The van der Waals surface area contributed by atoms with Gasteiger partial charge in [0.15, 0.2) is 11.7 Å². The molecule has 142 valence electrons. The van der Waals surface area contributed by atoms with Crippen molar-refractivity contribution in [3.8, 4) is 0 Å². The summed E-state index contributed by atoms with van der Waals surface area (Å²) in [6.45, 7) is 6.27. The minimum Gasteiger partial charge on any atom is -0.374 e. The third kappa shape index (κ3) is 3.35. The second kappa shape index (κ2) is 7.52. The second-order valence-corrected chi connectivity index (χ2v) is 6.86. The number of nitrogens with zero attached hydrogens (tertiary/aromatic N) is 4. The number of nitrogens with one attached hydrogen (secondary N) is 1. The van der Waals surface area contributed by atoms with Gasteiger partial charge < -0.3 is 9.72 Å². The molecule has 0 bridgehead atoms. The van der Waals surface area contributed by atoms with Crippen LogP contribution in [0.1, 0.15) is 37.4 Å². The van der Waals surface area contributed by atoms with Crippen molar-refractivity contribution in [2.24, 2.45) is 4.99 Å². The molecule has 27 heavy (non-hydrogen) atoms. The van der Waals surface area contributed by atoms with E-state index in [1.807, 2.05) is 25.1 Å². The molecular formula is C20H25N5O2. The number of amides is 2. The number of aromatic amines is 1. The van der Waals surface area contributed by atoms with Gasteiger partial charge in [-0.3, -0.25) is 14.8 Å². The number of hydrogen-bond acceptors (Lipinski definition) is 4. The second-order valence-electron chi connectivity index (χ2n) is 6.86. The number of carbonyl (C=O) groups excluding carboxylic acids is 1. The fourth-order valence-corrected chi connectivity index (χ4v) is 3.64. The summed E-state index contributed by atoms with van der Waals surface area (Å²) >= 11 is 0. The lowest BCUT2D eigenvalue weighted by Crippen LogP contribution is -2.50. The number of hydrogen-bond donors (Lipinski definition) is 1. The first-order valence-corrected chi connectivity index (χ1v) is 9.59. The number of amidine groups is 1. The van der Waals surface area contributed by atoms with E-state index in [2.05, 4.69) is 29.0 Å². The SMILES string of the molecule is CCCN1C(=O)N2C[C@@H](Cc3ccccc3)N=C2c2[nH]c(COCC)nc21. The largest absolute Gasteiger partial charge is 0.374 e. The quantitative estimate of drug-likeness (QED) is 0.818. The topological polar surface area (TPSA) is 73.8 Å². The maximum absolute atomic E-state index is 13.1. The van der Waals surface area contributed by atoms with Crippen molar-refractivity contribution in [1.82, 2.24) is 14.9 Å². The molecule has 0 saturated carbocycles. The lowest BCUT2D eigenvalue weighted by atomic mass is 10.1. The van der Waals surface area contributed by atoms with Gasteiger partial charge in [0.25, 0.3) is 0 Å². The van der Waals surface area contributed by atoms with E-state index < -0.39 is 0 Å². The summed E-state index contributed by atoms with van der Waals surface area (Å²) in [5.41, 5.74) is 2.06. The van der Waals surface area contributed by atoms with E-state index in [0.29, 0.717) is 38.0 Å². The summed E-state index contributed by atoms with van der Waals surface area (Å²) in [7, 11) is 0. The molecule has 1 atom stereocenters. The van der Waals surface area contributed by atoms with Crippen LogP contribution >= 0.6 is 0 Å². The molecule has 2 aliphatic rings. The molecule has 0 spiro atoms. The molecule has 3 heterocycles. The number of ether oxygens (including phenoxy) is 1. The molecule has 2 aromatic rings. The van der Waals surface area contributed by atoms with Crippen LogP contribution in [0.2, 0.25) is 0 Å². The summed E-state index contributed by atoms with van der Waals surface area (Å²) in [6.07, 6.45) is 1.68. The maximum atomic E-state index is 13.1. The third-order valence-corrected chi connectivity index (χ3v) is 4.83. The summed E-state index contributed by atoms with van der Waals surface area (Å²) in [4.78, 5) is 29.4. The molecule has 7 nitrogen and oxygen atoms in total. The first-order chi connectivity index (χ1) is 13.2. The summed E-state index contributed by atoms with van der Waals surface area (Å²) in [5.74, 6) is 2.11. The number of urea groups is 1. The van der Waals surface area contributed by atoms with Crippen LogP contribution in [0.3, 0.4) is 0 Å². The van der Waals surface area contributed by atoms with Gasteiger partial charge in [-0.1, -0.05) is 37.3 Å². The number of rotatable bonds is 7. The Labute approximate surface area is 159 Å². The Morgan fingerprint density at radius 2 is 2.07 bits per heavy atom. The number of aliphatic imine (C=N–C) groups is 1. The normalized spacial score (nSPS) is 18.5. The van der Waals surface area contributed by atoms with Crippen molar-refractivity contribution in [2.45, 2.75) is 39.3 Å². The minimum atomic E-state index is -0.0341. The Kier molecular flexibility index (Phi) is 4.94. The van der Waals surface area contributed by atoms with Gasteiger partial charge in [0.1, 0.15) is 18.1 Å². The third-order valence-electron chi connectivity index (χ3n) is 4.83. The predicted octanol–water partition coefficient (Wildman–Crippen LogP) is 2.97. The van der Waals surface area contributed by atoms with Crippen LogP contribution in [0, 0.1) is 0 Å². The first kappa shape index (κ1) is 17.7. The van der Waals surface area contributed by atoms with Gasteiger partial charge in [-0.2, -0.15) is 0 Å². The predicted molar refractivity (Wildman–Crippen MR) is 104 cm³/mol. The van der Waals surface area contributed by atoms with Crippen molar-refractivity contribution >= 4 is 17.7 Å². The summed E-state index contributed by atoms with van der Waals surface area (Å²) < 4.78 is 5.48. The molecule has 0 saturated heterocycles. The smallest absolute Gasteiger partial charge is 0.331 e. The van der Waals surface area contributed by atoms with Crippen LogP contribution in [0.5, 0.6) is 0 Å². The number of anilines is 1. The highest BCUT2D eigenvalue weighted by Crippen LogP contribution is 2.31. The molecule has 1 aromatic carbocycles. The average Bonchev–Trinajstić information content (AvgIpc) is 3.28. The van der Waals surface area contributed by atoms with Crippen molar-refractivity contribution in [3.05, 3.63) is 47.4 Å². The number of benzene rings is 1. The van der Waals surface area contributed by atoms with Crippen molar-refractivity contribution in [1.29, 1.82) is 0 Å². The molecule has 0 radical (unpaired) electrons. The molecular weight excluding hydrogens is 342 g/mol. The highest BCUT2D eigenvalue weighted by atomic mass is 16.5. The van der Waals surface area contributed by atoms with Crippen LogP contribution in [0.25, 0.3) is 0 Å². The van der Waals surface area contributed by atoms with Gasteiger partial charge in [-0.15, -0.1) is 0 Å². The highest BCUT2D eigenvalue weighted by molar-refractivity contribution is 6.18. The number of fused-ring (bicyclic) bond motifs is 3. The Morgan fingerprint density at radius 3 is 2.81 bits per heavy atom. The minimum absolute atomic E-state index is 0.0341. The average molecular weight is 367 g/mol. The van der Waals surface area contributed by atoms with E-state index in [0.717, 1.165) is 24.4 Å². The van der Waals surface area contributed by atoms with E-state index in [1.165, 1.54) is 5.56 Å². The van der Waals surface area contributed by atoms with E-state index in [-0.39, 0.29) is 12.1 Å². The number of aromatic nitrogens is 2. The van der Waals surface area contributed by atoms with Crippen LogP contribution < -0.4 is 4.90 Å². The fourth-order valence-electron chi connectivity index (χ4n) is 3.64. The molecule has 1 aromatic heterocycles. The zero-order valence-corrected chi connectivity index (χ0v) is 15.8. The molecule has 1 N–H and O–H groups in total. The zero-order chi connectivity index (χ0) is 18.8. The highest BCUT2D eigenvalue weighted by Gasteiger charge is 2.42. The van der Waals surface area contributed by atoms with Gasteiger partial charge in [0, 0.05) is 13.2 Å². The number of H-pyrrole nitrogens is 1. The monoisotopic (exact) mass is 367 g/mol. The fraction of sp³-hybridized carbons (Fsp3) is 0.450. The Bertz CT molecular complexity index is 845. The van der Waals surface area contributed by atoms with Crippen LogP contribution in [-0.2, 0) is 17.8 Å².